The molecular weight excluding hydrogens is 280 g/mol. The average molecular weight is 296 g/mol. The van der Waals surface area contributed by atoms with Crippen LogP contribution < -0.4 is 9.80 Å². The van der Waals surface area contributed by atoms with E-state index in [2.05, 4.69) is 34.9 Å². The number of anilines is 2. The van der Waals surface area contributed by atoms with E-state index in [1.807, 2.05) is 16.8 Å². The fourth-order valence-corrected chi connectivity index (χ4v) is 2.78. The summed E-state index contributed by atoms with van der Waals surface area (Å²) in [6.45, 7) is 3.66. The molecule has 8 nitrogen and oxygen atoms in total. The first-order chi connectivity index (χ1) is 10.9. The van der Waals surface area contributed by atoms with Crippen LogP contribution in [0, 0.1) is 0 Å². The molecule has 1 fully saturated rings. The molecule has 1 saturated heterocycles. The van der Waals surface area contributed by atoms with Crippen molar-refractivity contribution in [3.63, 3.8) is 0 Å². The third-order valence-electron chi connectivity index (χ3n) is 3.87. The van der Waals surface area contributed by atoms with Gasteiger partial charge in [0, 0.05) is 51.0 Å². The van der Waals surface area contributed by atoms with Crippen molar-refractivity contribution >= 4 is 17.3 Å². The maximum absolute atomic E-state index is 4.50. The summed E-state index contributed by atoms with van der Waals surface area (Å²) < 4.78 is 1.90. The normalized spacial score (nSPS) is 16.0. The fourth-order valence-electron chi connectivity index (χ4n) is 2.78. The Labute approximate surface area is 127 Å². The molecule has 4 heterocycles. The number of aromatic nitrogens is 6. The van der Waals surface area contributed by atoms with Gasteiger partial charge < -0.3 is 9.80 Å². The fraction of sp³-hybridized carbons (Fsp3) is 0.357. The molecule has 0 aromatic carbocycles. The van der Waals surface area contributed by atoms with Crippen molar-refractivity contribution in [2.45, 2.75) is 6.42 Å². The molecule has 22 heavy (non-hydrogen) atoms. The minimum atomic E-state index is 0.801. The first-order valence-electron chi connectivity index (χ1n) is 7.32. The molecule has 3 aromatic rings. The summed E-state index contributed by atoms with van der Waals surface area (Å²) >= 11 is 0. The van der Waals surface area contributed by atoms with E-state index >= 15 is 0 Å². The highest BCUT2D eigenvalue weighted by Crippen LogP contribution is 2.19. The van der Waals surface area contributed by atoms with E-state index in [1.165, 1.54) is 0 Å². The second-order valence-electron chi connectivity index (χ2n) is 5.20. The van der Waals surface area contributed by atoms with Gasteiger partial charge in [-0.05, 0) is 6.42 Å². The standard InChI is InChI=1S/C14H16N8/c1-5-20(12-10-15-2-3-16-12)8-9-21(6-1)13-14-19-18-11-22(14)7-4-17-13/h2-4,7,10-11H,1,5-6,8-9H2. The van der Waals surface area contributed by atoms with Gasteiger partial charge in [0.2, 0.25) is 5.65 Å². The zero-order valence-electron chi connectivity index (χ0n) is 12.1. The van der Waals surface area contributed by atoms with Gasteiger partial charge in [-0.3, -0.25) is 9.38 Å². The van der Waals surface area contributed by atoms with Crippen LogP contribution in [0.15, 0.2) is 37.3 Å². The Kier molecular flexibility index (Phi) is 3.26. The molecule has 8 heteroatoms. The Morgan fingerprint density at radius 3 is 2.73 bits per heavy atom. The zero-order valence-corrected chi connectivity index (χ0v) is 12.1. The maximum atomic E-state index is 4.50. The van der Waals surface area contributed by atoms with Crippen LogP contribution in [-0.4, -0.2) is 55.7 Å². The van der Waals surface area contributed by atoms with Gasteiger partial charge in [0.1, 0.15) is 12.1 Å². The Morgan fingerprint density at radius 2 is 1.82 bits per heavy atom. The number of hydrogen-bond donors (Lipinski definition) is 0. The molecule has 4 rings (SSSR count). The van der Waals surface area contributed by atoms with Crippen molar-refractivity contribution < 1.29 is 0 Å². The van der Waals surface area contributed by atoms with Crippen molar-refractivity contribution in [2.24, 2.45) is 0 Å². The molecule has 3 aromatic heterocycles. The summed E-state index contributed by atoms with van der Waals surface area (Å²) in [5.74, 6) is 1.82. The highest BCUT2D eigenvalue weighted by molar-refractivity contribution is 5.63. The van der Waals surface area contributed by atoms with Gasteiger partial charge in [-0.2, -0.15) is 0 Å². The van der Waals surface area contributed by atoms with E-state index in [-0.39, 0.29) is 0 Å². The highest BCUT2D eigenvalue weighted by atomic mass is 15.3. The first kappa shape index (κ1) is 12.9. The van der Waals surface area contributed by atoms with E-state index in [0.717, 1.165) is 49.9 Å². The lowest BCUT2D eigenvalue weighted by Gasteiger charge is -2.23. The van der Waals surface area contributed by atoms with E-state index in [9.17, 15) is 0 Å². The molecule has 0 amide bonds. The van der Waals surface area contributed by atoms with Crippen LogP contribution in [0.5, 0.6) is 0 Å². The first-order valence-corrected chi connectivity index (χ1v) is 7.32. The average Bonchev–Trinajstić information content (AvgIpc) is 2.92. The van der Waals surface area contributed by atoms with Crippen LogP contribution in [0.4, 0.5) is 11.6 Å². The molecule has 0 N–H and O–H groups in total. The summed E-state index contributed by atoms with van der Waals surface area (Å²) in [7, 11) is 0. The third-order valence-corrected chi connectivity index (χ3v) is 3.87. The van der Waals surface area contributed by atoms with E-state index < -0.39 is 0 Å². The Hall–Kier alpha value is -2.77. The van der Waals surface area contributed by atoms with Crippen molar-refractivity contribution in [3.05, 3.63) is 37.3 Å². The van der Waals surface area contributed by atoms with Crippen LogP contribution >= 0.6 is 0 Å². The molecule has 0 aliphatic carbocycles. The summed E-state index contributed by atoms with van der Waals surface area (Å²) in [6, 6.07) is 0. The summed E-state index contributed by atoms with van der Waals surface area (Å²) in [5, 5.41) is 8.13. The smallest absolute Gasteiger partial charge is 0.203 e. The molecule has 0 saturated carbocycles. The third kappa shape index (κ3) is 2.32. The van der Waals surface area contributed by atoms with Gasteiger partial charge >= 0.3 is 0 Å². The van der Waals surface area contributed by atoms with Crippen molar-refractivity contribution in [1.82, 2.24) is 29.5 Å². The lowest BCUT2D eigenvalue weighted by atomic mass is 10.4. The van der Waals surface area contributed by atoms with E-state index in [4.69, 9.17) is 0 Å². The van der Waals surface area contributed by atoms with E-state index in [1.54, 1.807) is 24.9 Å². The quantitative estimate of drug-likeness (QED) is 0.686. The number of nitrogens with zero attached hydrogens (tertiary/aromatic N) is 8. The van der Waals surface area contributed by atoms with Crippen molar-refractivity contribution in [3.8, 4) is 0 Å². The SMILES string of the molecule is c1cnc(N2CCCN(c3nccn4cnnc34)CC2)cn1. The molecule has 0 spiro atoms. The largest absolute Gasteiger partial charge is 0.354 e. The van der Waals surface area contributed by atoms with Crippen LogP contribution in [0.3, 0.4) is 0 Å². The number of hydrogen-bond acceptors (Lipinski definition) is 7. The second-order valence-corrected chi connectivity index (χ2v) is 5.20. The van der Waals surface area contributed by atoms with E-state index in [0.29, 0.717) is 0 Å². The van der Waals surface area contributed by atoms with Gasteiger partial charge in [0.15, 0.2) is 5.82 Å². The topological polar surface area (TPSA) is 75.3 Å². The van der Waals surface area contributed by atoms with Crippen LogP contribution in [0.1, 0.15) is 6.42 Å². The minimum Gasteiger partial charge on any atom is -0.354 e. The Bertz CT molecular complexity index is 756. The van der Waals surface area contributed by atoms with Crippen LogP contribution in [0.25, 0.3) is 5.65 Å². The van der Waals surface area contributed by atoms with Crippen molar-refractivity contribution in [1.29, 1.82) is 0 Å². The van der Waals surface area contributed by atoms with Crippen molar-refractivity contribution in [2.75, 3.05) is 36.0 Å². The maximum Gasteiger partial charge on any atom is 0.203 e. The van der Waals surface area contributed by atoms with Gasteiger partial charge in [-0.1, -0.05) is 0 Å². The molecular formula is C14H16N8. The van der Waals surface area contributed by atoms with Crippen LogP contribution in [-0.2, 0) is 0 Å². The summed E-state index contributed by atoms with van der Waals surface area (Å²) in [6.07, 6.45) is 11.6. The molecule has 1 aliphatic rings. The molecule has 0 bridgehead atoms. The predicted molar refractivity (Wildman–Crippen MR) is 81.9 cm³/mol. The zero-order chi connectivity index (χ0) is 14.8. The summed E-state index contributed by atoms with van der Waals surface area (Å²) in [4.78, 5) is 17.6. The molecule has 0 unspecified atom stereocenters. The monoisotopic (exact) mass is 296 g/mol. The van der Waals surface area contributed by atoms with Gasteiger partial charge in [0.25, 0.3) is 0 Å². The highest BCUT2D eigenvalue weighted by Gasteiger charge is 2.19. The molecule has 0 radical (unpaired) electrons. The Morgan fingerprint density at radius 1 is 0.909 bits per heavy atom. The van der Waals surface area contributed by atoms with Gasteiger partial charge in [0.05, 0.1) is 6.20 Å². The molecule has 0 atom stereocenters. The number of fused-ring (bicyclic) bond motifs is 1. The lowest BCUT2D eigenvalue weighted by Crippen LogP contribution is -2.31. The minimum absolute atomic E-state index is 0.801. The molecule has 112 valence electrons. The van der Waals surface area contributed by atoms with Gasteiger partial charge in [-0.15, -0.1) is 10.2 Å². The second kappa shape index (κ2) is 5.55. The van der Waals surface area contributed by atoms with Gasteiger partial charge in [-0.25, -0.2) is 9.97 Å². The Balaban J connectivity index is 1.57. The summed E-state index contributed by atoms with van der Waals surface area (Å²) in [5.41, 5.74) is 0.801. The lowest BCUT2D eigenvalue weighted by molar-refractivity contribution is 0.792. The predicted octanol–water partition coefficient (Wildman–Crippen LogP) is 0.631. The van der Waals surface area contributed by atoms with Crippen LogP contribution in [0.2, 0.25) is 0 Å². The molecule has 1 aliphatic heterocycles. The number of rotatable bonds is 2.